The predicted octanol–water partition coefficient (Wildman–Crippen LogP) is 8.58. The maximum Gasteiger partial charge on any atom is 0.238 e. The number of piperidine rings is 4. The van der Waals surface area contributed by atoms with Crippen molar-refractivity contribution in [3.8, 4) is 17.1 Å². The number of carbonyl (C=O) groups is 5. The minimum absolute atomic E-state index is 0.0795. The molecular weight excluding hydrogens is 964 g/mol. The number of aromatic nitrogens is 4. The van der Waals surface area contributed by atoms with Gasteiger partial charge < -0.3 is 34.2 Å². The standard InChI is InChI=1S/C59H69FN10O6/c1-36(2)69-35-62-49-33-48(64-54(53(49)69)63-47-9-5-4-8-46(47)60)39-14-17-45-50(30-39)70(42-31-41(32-42)66-24-6-3-7-25-66)58(75)59(45)22-28-68(29-23-59)57(74)38-12-10-37(11-13-38)56(73)67-26-20-43(21-27-67)76-52-19-15-40(34-61-52)44-16-18-51(71)65-55(44)72/h4-5,8-9,14-15,17,19,30,33-38,41-44H,3,6-7,10-13,16,18,20-29,31-32H2,1-2H3,(H,63,64)(H,65,71,72)/t37-,38-,41-,42+,44?. The third-order valence-corrected chi connectivity index (χ3v) is 18.1. The van der Waals surface area contributed by atoms with Gasteiger partial charge in [-0.25, -0.2) is 19.3 Å². The van der Waals surface area contributed by atoms with Crippen LogP contribution in [0.4, 0.5) is 21.6 Å². The summed E-state index contributed by atoms with van der Waals surface area (Å²) in [4.78, 5) is 90.4. The second kappa shape index (κ2) is 20.7. The molecule has 2 N–H and O–H groups in total. The van der Waals surface area contributed by atoms with Crippen LogP contribution in [0.3, 0.4) is 0 Å². The van der Waals surface area contributed by atoms with Gasteiger partial charge in [0.2, 0.25) is 35.4 Å². The van der Waals surface area contributed by atoms with Crippen molar-refractivity contribution in [3.63, 3.8) is 0 Å². The van der Waals surface area contributed by atoms with E-state index < -0.39 is 11.3 Å². The van der Waals surface area contributed by atoms with E-state index in [1.807, 2.05) is 26.5 Å². The SMILES string of the molecule is CC(C)n1cnc2cc(-c3ccc4c(c3)N([C@H]3C[C@@H](N5CCCCC5)C3)C(=O)C43CCN(C(=O)[C@H]4CC[C@H](C(=O)N5CCC(Oc6ccc(C7CCC(=O)NC7=O)cn6)CC5)CC4)CC3)nc(Nc3ccccc3F)c21. The van der Waals surface area contributed by atoms with Gasteiger partial charge in [0, 0.05) is 98.9 Å². The average Bonchev–Trinajstić information content (AvgIpc) is 4.00. The molecule has 2 aromatic carbocycles. The van der Waals surface area contributed by atoms with E-state index in [-0.39, 0.29) is 65.4 Å². The number of imide groups is 1. The molecule has 17 heteroatoms. The number of ether oxygens (including phenoxy) is 1. The molecule has 1 spiro atoms. The fourth-order valence-electron chi connectivity index (χ4n) is 13.6. The lowest BCUT2D eigenvalue weighted by Crippen LogP contribution is -2.58. The Labute approximate surface area is 443 Å². The molecule has 6 fully saturated rings. The summed E-state index contributed by atoms with van der Waals surface area (Å²) in [6, 6.07) is 19.1. The van der Waals surface area contributed by atoms with Crippen LogP contribution in [0.2, 0.25) is 0 Å². The molecule has 7 aliphatic rings. The van der Waals surface area contributed by atoms with Crippen LogP contribution < -0.4 is 20.3 Å². The molecule has 3 aromatic heterocycles. The zero-order valence-corrected chi connectivity index (χ0v) is 43.7. The molecule has 76 heavy (non-hydrogen) atoms. The quantitative estimate of drug-likeness (QED) is 0.121. The summed E-state index contributed by atoms with van der Waals surface area (Å²) in [6.45, 7) is 8.58. The maximum atomic E-state index is 15.3. The zero-order chi connectivity index (χ0) is 52.2. The van der Waals surface area contributed by atoms with Gasteiger partial charge in [0.05, 0.1) is 34.6 Å². The molecule has 5 amide bonds. The number of imidazole rings is 1. The average molecular weight is 1030 g/mol. The van der Waals surface area contributed by atoms with Crippen LogP contribution in [-0.2, 0) is 29.4 Å². The Balaban J connectivity index is 0.699. The van der Waals surface area contributed by atoms with Crippen LogP contribution in [0.1, 0.15) is 133 Å². The highest BCUT2D eigenvalue weighted by molar-refractivity contribution is 6.09. The van der Waals surface area contributed by atoms with Crippen molar-refractivity contribution in [2.45, 2.75) is 146 Å². The number of anilines is 3. The highest BCUT2D eigenvalue weighted by atomic mass is 19.1. The summed E-state index contributed by atoms with van der Waals surface area (Å²) >= 11 is 0. The summed E-state index contributed by atoms with van der Waals surface area (Å²) < 4.78 is 23.3. The van der Waals surface area contributed by atoms with E-state index in [1.54, 1.807) is 36.8 Å². The van der Waals surface area contributed by atoms with Crippen LogP contribution in [0.5, 0.6) is 5.88 Å². The van der Waals surface area contributed by atoms with Crippen molar-refractivity contribution >= 4 is 57.8 Å². The first-order valence-electron chi connectivity index (χ1n) is 28.1. The molecule has 5 aliphatic heterocycles. The molecule has 0 bridgehead atoms. The monoisotopic (exact) mass is 1030 g/mol. The summed E-state index contributed by atoms with van der Waals surface area (Å²) in [7, 11) is 0. The highest BCUT2D eigenvalue weighted by Crippen LogP contribution is 2.52. The molecule has 8 heterocycles. The molecule has 2 saturated carbocycles. The number of hydrogen-bond donors (Lipinski definition) is 2. The Morgan fingerprint density at radius 1 is 0.789 bits per heavy atom. The Kier molecular flexibility index (Phi) is 13.6. The lowest BCUT2D eigenvalue weighted by molar-refractivity contribution is -0.144. The molecule has 398 valence electrons. The van der Waals surface area contributed by atoms with Crippen molar-refractivity contribution in [2.24, 2.45) is 11.8 Å². The molecule has 4 saturated heterocycles. The van der Waals surface area contributed by atoms with Crippen LogP contribution in [0, 0.1) is 17.7 Å². The number of rotatable bonds is 11. The number of nitrogens with zero attached hydrogens (tertiary/aromatic N) is 8. The summed E-state index contributed by atoms with van der Waals surface area (Å²) in [5, 5.41) is 5.68. The first-order valence-corrected chi connectivity index (χ1v) is 28.1. The number of nitrogens with one attached hydrogen (secondary N) is 2. The molecule has 12 rings (SSSR count). The number of halogens is 1. The first kappa shape index (κ1) is 50.1. The lowest BCUT2D eigenvalue weighted by Gasteiger charge is -2.48. The number of carbonyl (C=O) groups excluding carboxylic acids is 5. The van der Waals surface area contributed by atoms with Crippen LogP contribution in [-0.4, -0.2) is 121 Å². The van der Waals surface area contributed by atoms with Gasteiger partial charge in [-0.1, -0.05) is 36.8 Å². The van der Waals surface area contributed by atoms with Gasteiger partial charge in [-0.05, 0) is 133 Å². The normalized spacial score (nSPS) is 25.2. The topological polar surface area (TPSA) is 175 Å². The molecule has 2 aliphatic carbocycles. The fourth-order valence-corrected chi connectivity index (χ4v) is 13.6. The predicted molar refractivity (Wildman–Crippen MR) is 285 cm³/mol. The van der Waals surface area contributed by atoms with E-state index in [2.05, 4.69) is 57.5 Å². The van der Waals surface area contributed by atoms with E-state index in [0.717, 1.165) is 59.3 Å². The number of hydrogen-bond acceptors (Lipinski definition) is 11. The molecule has 16 nitrogen and oxygen atoms in total. The number of para-hydroxylation sites is 1. The third-order valence-electron chi connectivity index (χ3n) is 18.1. The second-order valence-corrected chi connectivity index (χ2v) is 22.9. The Bertz CT molecular complexity index is 3030. The van der Waals surface area contributed by atoms with Gasteiger partial charge in [-0.2, -0.15) is 0 Å². The Hall–Kier alpha value is -6.75. The van der Waals surface area contributed by atoms with Gasteiger partial charge >= 0.3 is 0 Å². The molecule has 1 unspecified atom stereocenters. The summed E-state index contributed by atoms with van der Waals surface area (Å²) in [5.41, 5.74) is 5.33. The Morgan fingerprint density at radius 3 is 2.17 bits per heavy atom. The lowest BCUT2D eigenvalue weighted by atomic mass is 9.72. The van der Waals surface area contributed by atoms with Gasteiger partial charge in [0.15, 0.2) is 5.82 Å². The second-order valence-electron chi connectivity index (χ2n) is 22.9. The van der Waals surface area contributed by atoms with Gasteiger partial charge in [-0.3, -0.25) is 29.3 Å². The number of pyridine rings is 2. The maximum absolute atomic E-state index is 15.3. The third kappa shape index (κ3) is 9.39. The van der Waals surface area contributed by atoms with Crippen LogP contribution >= 0.6 is 0 Å². The summed E-state index contributed by atoms with van der Waals surface area (Å²) in [5.74, 6) is -0.154. The van der Waals surface area contributed by atoms with E-state index >= 15 is 9.18 Å². The minimum atomic E-state index is -0.743. The zero-order valence-electron chi connectivity index (χ0n) is 43.7. The van der Waals surface area contributed by atoms with Gasteiger partial charge in [-0.15, -0.1) is 0 Å². The minimum Gasteiger partial charge on any atom is -0.474 e. The van der Waals surface area contributed by atoms with Crippen LogP contribution in [0.25, 0.3) is 22.3 Å². The van der Waals surface area contributed by atoms with E-state index in [0.29, 0.717) is 120 Å². The Morgan fingerprint density at radius 2 is 1.50 bits per heavy atom. The molecule has 5 aromatic rings. The summed E-state index contributed by atoms with van der Waals surface area (Å²) in [6.07, 6.45) is 14.9. The molecule has 1 atom stereocenters. The molecule has 0 radical (unpaired) electrons. The fraction of sp³-hybridized carbons (Fsp3) is 0.525. The van der Waals surface area contributed by atoms with Crippen molar-refractivity contribution in [3.05, 3.63) is 90.1 Å². The largest absolute Gasteiger partial charge is 0.474 e. The van der Waals surface area contributed by atoms with E-state index in [1.165, 1.54) is 25.3 Å². The molecular formula is C59H69FN10O6. The van der Waals surface area contributed by atoms with Crippen LogP contribution in [0.15, 0.2) is 73.2 Å². The number of likely N-dealkylation sites (tertiary alicyclic amines) is 3. The van der Waals surface area contributed by atoms with Crippen molar-refractivity contribution in [1.82, 2.24) is 39.5 Å². The number of fused-ring (bicyclic) bond motifs is 3. The van der Waals surface area contributed by atoms with E-state index in [4.69, 9.17) is 14.7 Å². The number of benzene rings is 2. The van der Waals surface area contributed by atoms with Crippen molar-refractivity contribution < 1.29 is 33.1 Å². The van der Waals surface area contributed by atoms with Crippen molar-refractivity contribution in [1.29, 1.82) is 0 Å². The van der Waals surface area contributed by atoms with Crippen molar-refractivity contribution in [2.75, 3.05) is 49.5 Å². The number of amides is 5. The highest BCUT2D eigenvalue weighted by Gasteiger charge is 2.56. The van der Waals surface area contributed by atoms with E-state index in [9.17, 15) is 19.2 Å². The smallest absolute Gasteiger partial charge is 0.238 e. The van der Waals surface area contributed by atoms with Gasteiger partial charge in [0.1, 0.15) is 17.4 Å². The first-order chi connectivity index (χ1) is 36.9. The van der Waals surface area contributed by atoms with Gasteiger partial charge in [0.25, 0.3) is 0 Å².